The van der Waals surface area contributed by atoms with Crippen molar-refractivity contribution < 1.29 is 35.4 Å². The van der Waals surface area contributed by atoms with E-state index in [1.807, 2.05) is 0 Å². The van der Waals surface area contributed by atoms with Crippen LogP contribution in [-0.2, 0) is 0 Å². The van der Waals surface area contributed by atoms with Crippen LogP contribution in [0.2, 0.25) is 0 Å². The Morgan fingerprint density at radius 1 is 1.22 bits per heavy atom. The molecular weight excluding hydrogens is 244 g/mol. The smallest absolute Gasteiger partial charge is 0.336 e. The number of hydrogen-bond donors (Lipinski definition) is 6. The van der Waals surface area contributed by atoms with Crippen molar-refractivity contribution in [2.75, 3.05) is 0 Å². The minimum atomic E-state index is -1.69. The van der Waals surface area contributed by atoms with E-state index in [9.17, 15) is 30.3 Å². The van der Waals surface area contributed by atoms with E-state index in [2.05, 4.69) is 0 Å². The number of rotatable bonds is 4. The molecule has 18 heavy (non-hydrogen) atoms. The number of hydrogen-bond acceptors (Lipinski definition) is 6. The molecule has 0 bridgehead atoms. The minimum Gasteiger partial charge on any atom is -0.504 e. The zero-order valence-electron chi connectivity index (χ0n) is 9.53. The number of benzene rings is 1. The van der Waals surface area contributed by atoms with Gasteiger partial charge in [-0.3, -0.25) is 0 Å². The standard InChI is InChI=1S/C11H14O7/c1-2-5(12)8(14)7-4(11(17)18)3-6(13)9(15)10(7)16/h3,5,8,12-16H,2H2,1H3,(H,17,18). The second kappa shape index (κ2) is 5.11. The molecule has 0 heterocycles. The quantitative estimate of drug-likeness (QED) is 0.427. The first-order chi connectivity index (χ1) is 8.31. The molecule has 0 radical (unpaired) electrons. The van der Waals surface area contributed by atoms with Crippen molar-refractivity contribution in [3.05, 3.63) is 17.2 Å². The molecule has 2 atom stereocenters. The van der Waals surface area contributed by atoms with E-state index < -0.39 is 46.6 Å². The molecule has 1 rings (SSSR count). The van der Waals surface area contributed by atoms with Gasteiger partial charge in [-0.2, -0.15) is 0 Å². The average molecular weight is 258 g/mol. The summed E-state index contributed by atoms with van der Waals surface area (Å²) < 4.78 is 0. The van der Waals surface area contributed by atoms with Gasteiger partial charge in [-0.1, -0.05) is 6.92 Å². The molecule has 0 aromatic heterocycles. The van der Waals surface area contributed by atoms with Crippen LogP contribution in [0.1, 0.15) is 35.4 Å². The monoisotopic (exact) mass is 258 g/mol. The van der Waals surface area contributed by atoms with Crippen LogP contribution in [0.15, 0.2) is 6.07 Å². The Balaban J connectivity index is 3.49. The van der Waals surface area contributed by atoms with E-state index in [1.165, 1.54) is 0 Å². The summed E-state index contributed by atoms with van der Waals surface area (Å²) in [6.45, 7) is 1.55. The summed E-state index contributed by atoms with van der Waals surface area (Å²) in [5, 5.41) is 56.2. The van der Waals surface area contributed by atoms with E-state index in [1.54, 1.807) is 6.92 Å². The molecular formula is C11H14O7. The third kappa shape index (κ3) is 2.31. The summed E-state index contributed by atoms with van der Waals surface area (Å²) in [4.78, 5) is 11.0. The third-order valence-electron chi connectivity index (χ3n) is 2.60. The second-order valence-electron chi connectivity index (χ2n) is 3.78. The van der Waals surface area contributed by atoms with Crippen LogP contribution in [0.5, 0.6) is 17.2 Å². The van der Waals surface area contributed by atoms with Crippen LogP contribution < -0.4 is 0 Å². The molecule has 0 spiro atoms. The van der Waals surface area contributed by atoms with Gasteiger partial charge >= 0.3 is 5.97 Å². The Morgan fingerprint density at radius 2 is 1.78 bits per heavy atom. The molecule has 0 saturated carbocycles. The lowest BCUT2D eigenvalue weighted by Gasteiger charge is -2.20. The van der Waals surface area contributed by atoms with Crippen molar-refractivity contribution in [1.82, 2.24) is 0 Å². The van der Waals surface area contributed by atoms with E-state index in [4.69, 9.17) is 5.11 Å². The maximum Gasteiger partial charge on any atom is 0.336 e. The lowest BCUT2D eigenvalue weighted by Crippen LogP contribution is -2.20. The molecule has 2 unspecified atom stereocenters. The Morgan fingerprint density at radius 3 is 2.22 bits per heavy atom. The molecule has 0 fully saturated rings. The zero-order valence-corrected chi connectivity index (χ0v) is 9.53. The first kappa shape index (κ1) is 14.1. The largest absolute Gasteiger partial charge is 0.504 e. The Labute approximate surface area is 102 Å². The summed E-state index contributed by atoms with van der Waals surface area (Å²) in [5.74, 6) is -4.26. The fourth-order valence-corrected chi connectivity index (χ4v) is 1.55. The second-order valence-corrected chi connectivity index (χ2v) is 3.78. The van der Waals surface area contributed by atoms with Crippen LogP contribution in [0.3, 0.4) is 0 Å². The fourth-order valence-electron chi connectivity index (χ4n) is 1.55. The average Bonchev–Trinajstić information content (AvgIpc) is 2.33. The number of aromatic hydroxyl groups is 3. The Bertz CT molecular complexity index is 469. The number of aliphatic hydroxyl groups excluding tert-OH is 2. The maximum absolute atomic E-state index is 11.0. The topological polar surface area (TPSA) is 138 Å². The van der Waals surface area contributed by atoms with Gasteiger partial charge in [0.15, 0.2) is 11.5 Å². The lowest BCUT2D eigenvalue weighted by molar-refractivity contribution is 0.0139. The van der Waals surface area contributed by atoms with Crippen LogP contribution in [0, 0.1) is 0 Å². The SMILES string of the molecule is CCC(O)C(O)c1c(C(=O)O)cc(O)c(O)c1O. The van der Waals surface area contributed by atoms with Crippen molar-refractivity contribution in [3.8, 4) is 17.2 Å². The normalized spacial score (nSPS) is 14.2. The molecule has 0 saturated heterocycles. The summed E-state index contributed by atoms with van der Waals surface area (Å²) in [6.07, 6.45) is -2.88. The molecule has 0 amide bonds. The molecule has 0 aliphatic carbocycles. The number of aromatic carboxylic acids is 1. The van der Waals surface area contributed by atoms with Crippen molar-refractivity contribution >= 4 is 5.97 Å². The molecule has 0 aliphatic heterocycles. The van der Waals surface area contributed by atoms with Gasteiger partial charge in [-0.05, 0) is 12.5 Å². The van der Waals surface area contributed by atoms with Crippen LogP contribution >= 0.6 is 0 Å². The third-order valence-corrected chi connectivity index (χ3v) is 2.60. The van der Waals surface area contributed by atoms with E-state index >= 15 is 0 Å². The van der Waals surface area contributed by atoms with Crippen molar-refractivity contribution in [2.45, 2.75) is 25.6 Å². The maximum atomic E-state index is 11.0. The number of carbonyl (C=O) groups is 1. The van der Waals surface area contributed by atoms with E-state index in [0.29, 0.717) is 6.07 Å². The lowest BCUT2D eigenvalue weighted by atomic mass is 9.95. The predicted octanol–water partition coefficient (Wildman–Crippen LogP) is 0.306. The van der Waals surface area contributed by atoms with Gasteiger partial charge in [-0.15, -0.1) is 0 Å². The van der Waals surface area contributed by atoms with Crippen molar-refractivity contribution in [2.24, 2.45) is 0 Å². The van der Waals surface area contributed by atoms with Gasteiger partial charge in [0.05, 0.1) is 11.7 Å². The highest BCUT2D eigenvalue weighted by Gasteiger charge is 2.29. The highest BCUT2D eigenvalue weighted by atomic mass is 16.4. The molecule has 100 valence electrons. The highest BCUT2D eigenvalue weighted by molar-refractivity contribution is 5.92. The summed E-state index contributed by atoms with van der Waals surface area (Å²) in [5.41, 5.74) is -1.13. The van der Waals surface area contributed by atoms with Gasteiger partial charge < -0.3 is 30.6 Å². The Hall–Kier alpha value is -1.99. The van der Waals surface area contributed by atoms with Gasteiger partial charge in [0, 0.05) is 5.56 Å². The molecule has 1 aromatic rings. The number of carboxylic acid groups (broad SMARTS) is 1. The minimum absolute atomic E-state index is 0.112. The number of aliphatic hydroxyl groups is 2. The fraction of sp³-hybridized carbons (Fsp3) is 0.364. The molecule has 7 heteroatoms. The summed E-state index contributed by atoms with van der Waals surface area (Å²) in [6, 6.07) is 0.693. The highest BCUT2D eigenvalue weighted by Crippen LogP contribution is 2.43. The van der Waals surface area contributed by atoms with E-state index in [0.717, 1.165) is 0 Å². The number of phenolic OH excluding ortho intramolecular Hbond substituents is 3. The van der Waals surface area contributed by atoms with Crippen LogP contribution in [0.4, 0.5) is 0 Å². The summed E-state index contributed by atoms with van der Waals surface area (Å²) >= 11 is 0. The van der Waals surface area contributed by atoms with Crippen molar-refractivity contribution in [3.63, 3.8) is 0 Å². The van der Waals surface area contributed by atoms with Gasteiger partial charge in [0.25, 0.3) is 0 Å². The van der Waals surface area contributed by atoms with Crippen LogP contribution in [0.25, 0.3) is 0 Å². The molecule has 7 nitrogen and oxygen atoms in total. The first-order valence-corrected chi connectivity index (χ1v) is 5.18. The van der Waals surface area contributed by atoms with Crippen LogP contribution in [-0.4, -0.2) is 42.7 Å². The first-order valence-electron chi connectivity index (χ1n) is 5.18. The Kier molecular flexibility index (Phi) is 4.00. The van der Waals surface area contributed by atoms with E-state index in [-0.39, 0.29) is 6.42 Å². The predicted molar refractivity (Wildman–Crippen MR) is 59.7 cm³/mol. The van der Waals surface area contributed by atoms with Gasteiger partial charge in [0.1, 0.15) is 6.10 Å². The van der Waals surface area contributed by atoms with Crippen molar-refractivity contribution in [1.29, 1.82) is 0 Å². The van der Waals surface area contributed by atoms with Gasteiger partial charge in [0.2, 0.25) is 5.75 Å². The number of carboxylic acids is 1. The zero-order chi connectivity index (χ0) is 14.0. The molecule has 6 N–H and O–H groups in total. The number of phenols is 3. The molecule has 1 aromatic carbocycles. The van der Waals surface area contributed by atoms with Gasteiger partial charge in [-0.25, -0.2) is 4.79 Å². The molecule has 0 aliphatic rings. The summed E-state index contributed by atoms with van der Waals surface area (Å²) in [7, 11) is 0.